The predicted octanol–water partition coefficient (Wildman–Crippen LogP) is 5.21. The van der Waals surface area contributed by atoms with E-state index < -0.39 is 4.92 Å². The van der Waals surface area contributed by atoms with Gasteiger partial charge in [0.25, 0.3) is 11.6 Å². The summed E-state index contributed by atoms with van der Waals surface area (Å²) >= 11 is 0. The van der Waals surface area contributed by atoms with Crippen molar-refractivity contribution in [3.05, 3.63) is 100 Å². The molecule has 4 rings (SSSR count). The number of nitro groups is 1. The standard InChI is InChI=1S/C24H21N5O4/c1-15(25-23(30)20-14-17-6-5-9-21(29(32)33)22(17)28-20)16-10-12-19(13-11-16)27-24(31)26-18-7-3-2-4-8-18/h2-15,28H,1H3,(H,25,30)(H2,26,27,31). The van der Waals surface area contributed by atoms with Crippen molar-refractivity contribution >= 4 is 39.9 Å². The third kappa shape index (κ3) is 4.99. The second kappa shape index (κ2) is 9.23. The lowest BCUT2D eigenvalue weighted by Crippen LogP contribution is -2.27. The summed E-state index contributed by atoms with van der Waals surface area (Å²) in [4.78, 5) is 38.4. The molecule has 1 atom stereocenters. The number of aromatic amines is 1. The highest BCUT2D eigenvalue weighted by Crippen LogP contribution is 2.26. The number of H-pyrrole nitrogens is 1. The van der Waals surface area contributed by atoms with Crippen molar-refractivity contribution in [2.75, 3.05) is 10.6 Å². The second-order valence-electron chi connectivity index (χ2n) is 7.44. The minimum Gasteiger partial charge on any atom is -0.345 e. The number of urea groups is 1. The number of nitro benzene ring substituents is 1. The lowest BCUT2D eigenvalue weighted by molar-refractivity contribution is -0.383. The zero-order valence-electron chi connectivity index (χ0n) is 17.7. The number of fused-ring (bicyclic) bond motifs is 1. The molecule has 0 aliphatic carbocycles. The van der Waals surface area contributed by atoms with Crippen LogP contribution in [0.1, 0.15) is 29.0 Å². The van der Waals surface area contributed by atoms with Crippen molar-refractivity contribution in [2.45, 2.75) is 13.0 Å². The van der Waals surface area contributed by atoms with Crippen LogP contribution in [0.5, 0.6) is 0 Å². The van der Waals surface area contributed by atoms with Crippen molar-refractivity contribution in [1.82, 2.24) is 10.3 Å². The minimum atomic E-state index is -0.487. The maximum Gasteiger partial charge on any atom is 0.323 e. The molecule has 1 heterocycles. The van der Waals surface area contributed by atoms with E-state index >= 15 is 0 Å². The number of hydrogen-bond donors (Lipinski definition) is 4. The quantitative estimate of drug-likeness (QED) is 0.241. The number of carbonyl (C=O) groups excluding carboxylic acids is 2. The van der Waals surface area contributed by atoms with E-state index in [9.17, 15) is 19.7 Å². The topological polar surface area (TPSA) is 129 Å². The van der Waals surface area contributed by atoms with Gasteiger partial charge in [-0.25, -0.2) is 4.79 Å². The number of non-ortho nitro benzene ring substituents is 1. The van der Waals surface area contributed by atoms with Crippen molar-refractivity contribution in [2.24, 2.45) is 0 Å². The third-order valence-electron chi connectivity index (χ3n) is 5.12. The van der Waals surface area contributed by atoms with E-state index in [-0.39, 0.29) is 29.4 Å². The van der Waals surface area contributed by atoms with Crippen LogP contribution in [-0.4, -0.2) is 21.8 Å². The molecule has 3 aromatic carbocycles. The van der Waals surface area contributed by atoms with Crippen LogP contribution in [0.25, 0.3) is 10.9 Å². The number of para-hydroxylation sites is 2. The molecule has 166 valence electrons. The molecular formula is C24H21N5O4. The molecule has 0 saturated carbocycles. The molecule has 9 nitrogen and oxygen atoms in total. The Kier molecular flexibility index (Phi) is 6.03. The van der Waals surface area contributed by atoms with Gasteiger partial charge in [0.15, 0.2) is 0 Å². The molecule has 9 heteroatoms. The van der Waals surface area contributed by atoms with Crippen LogP contribution in [0, 0.1) is 10.1 Å². The van der Waals surface area contributed by atoms with Gasteiger partial charge in [-0.15, -0.1) is 0 Å². The van der Waals surface area contributed by atoms with Gasteiger partial charge >= 0.3 is 6.03 Å². The number of anilines is 2. The highest BCUT2D eigenvalue weighted by atomic mass is 16.6. The lowest BCUT2D eigenvalue weighted by Gasteiger charge is -2.15. The summed E-state index contributed by atoms with van der Waals surface area (Å²) in [5.74, 6) is -0.377. The minimum absolute atomic E-state index is 0.0843. The van der Waals surface area contributed by atoms with Gasteiger partial charge in [0.1, 0.15) is 11.2 Å². The molecule has 0 radical (unpaired) electrons. The Hall–Kier alpha value is -4.66. The molecule has 0 spiro atoms. The Morgan fingerprint density at radius 3 is 2.24 bits per heavy atom. The second-order valence-corrected chi connectivity index (χ2v) is 7.44. The molecule has 0 fully saturated rings. The summed E-state index contributed by atoms with van der Waals surface area (Å²) in [6.45, 7) is 1.83. The summed E-state index contributed by atoms with van der Waals surface area (Å²) in [6, 6.07) is 21.8. The lowest BCUT2D eigenvalue weighted by atomic mass is 10.1. The Morgan fingerprint density at radius 2 is 1.58 bits per heavy atom. The normalized spacial score (nSPS) is 11.5. The van der Waals surface area contributed by atoms with Gasteiger partial charge in [0.05, 0.1) is 11.0 Å². The molecule has 3 amide bonds. The first-order chi connectivity index (χ1) is 15.9. The van der Waals surface area contributed by atoms with Gasteiger partial charge in [-0.05, 0) is 42.8 Å². The molecule has 4 N–H and O–H groups in total. The zero-order valence-corrected chi connectivity index (χ0v) is 17.7. The fraction of sp³-hybridized carbons (Fsp3) is 0.0833. The summed E-state index contributed by atoms with van der Waals surface area (Å²) < 4.78 is 0. The number of amides is 3. The van der Waals surface area contributed by atoms with E-state index in [1.165, 1.54) is 6.07 Å². The van der Waals surface area contributed by atoms with E-state index in [1.54, 1.807) is 54.6 Å². The Labute approximate surface area is 189 Å². The number of carbonyl (C=O) groups is 2. The molecule has 0 aliphatic heterocycles. The summed E-state index contributed by atoms with van der Waals surface area (Å²) in [5.41, 5.74) is 2.59. The van der Waals surface area contributed by atoms with E-state index in [0.717, 1.165) is 5.56 Å². The fourth-order valence-corrected chi connectivity index (χ4v) is 3.44. The van der Waals surface area contributed by atoms with Gasteiger partial charge in [0, 0.05) is 22.8 Å². The van der Waals surface area contributed by atoms with E-state index in [2.05, 4.69) is 20.9 Å². The van der Waals surface area contributed by atoms with E-state index in [4.69, 9.17) is 0 Å². The van der Waals surface area contributed by atoms with Gasteiger partial charge in [-0.2, -0.15) is 0 Å². The Balaban J connectivity index is 1.39. The number of rotatable bonds is 6. The average molecular weight is 443 g/mol. The molecule has 1 aromatic heterocycles. The number of nitrogens with zero attached hydrogens (tertiary/aromatic N) is 1. The Morgan fingerprint density at radius 1 is 0.909 bits per heavy atom. The van der Waals surface area contributed by atoms with Gasteiger partial charge in [-0.3, -0.25) is 14.9 Å². The molecule has 0 aliphatic rings. The highest BCUT2D eigenvalue weighted by molar-refractivity contribution is 6.01. The van der Waals surface area contributed by atoms with Gasteiger partial charge < -0.3 is 20.9 Å². The molecule has 1 unspecified atom stereocenters. The molecular weight excluding hydrogens is 422 g/mol. The average Bonchev–Trinajstić information content (AvgIpc) is 3.24. The van der Waals surface area contributed by atoms with Crippen LogP contribution in [0.3, 0.4) is 0 Å². The summed E-state index contributed by atoms with van der Waals surface area (Å²) in [5, 5.41) is 20.2. The number of benzene rings is 3. The fourth-order valence-electron chi connectivity index (χ4n) is 3.44. The molecule has 0 saturated heterocycles. The Bertz CT molecular complexity index is 1320. The van der Waals surface area contributed by atoms with Crippen molar-refractivity contribution in [3.8, 4) is 0 Å². The van der Waals surface area contributed by atoms with Crippen LogP contribution in [0.2, 0.25) is 0 Å². The first-order valence-electron chi connectivity index (χ1n) is 10.2. The number of aromatic nitrogens is 1. The summed E-state index contributed by atoms with van der Waals surface area (Å²) in [7, 11) is 0. The first-order valence-corrected chi connectivity index (χ1v) is 10.2. The third-order valence-corrected chi connectivity index (χ3v) is 5.12. The van der Waals surface area contributed by atoms with Crippen molar-refractivity contribution in [3.63, 3.8) is 0 Å². The predicted molar refractivity (Wildman–Crippen MR) is 126 cm³/mol. The van der Waals surface area contributed by atoms with E-state index in [0.29, 0.717) is 22.3 Å². The van der Waals surface area contributed by atoms with Gasteiger partial charge in [-0.1, -0.05) is 42.5 Å². The van der Waals surface area contributed by atoms with Crippen LogP contribution in [0.4, 0.5) is 21.9 Å². The van der Waals surface area contributed by atoms with E-state index in [1.807, 2.05) is 25.1 Å². The smallest absolute Gasteiger partial charge is 0.323 e. The number of hydrogen-bond acceptors (Lipinski definition) is 4. The van der Waals surface area contributed by atoms with Crippen LogP contribution in [0.15, 0.2) is 78.9 Å². The zero-order chi connectivity index (χ0) is 23.4. The maximum atomic E-state index is 12.7. The van der Waals surface area contributed by atoms with Crippen molar-refractivity contribution < 1.29 is 14.5 Å². The van der Waals surface area contributed by atoms with Crippen molar-refractivity contribution in [1.29, 1.82) is 0 Å². The highest BCUT2D eigenvalue weighted by Gasteiger charge is 2.18. The maximum absolute atomic E-state index is 12.7. The monoisotopic (exact) mass is 443 g/mol. The molecule has 0 bridgehead atoms. The SMILES string of the molecule is CC(NC(=O)c1cc2cccc([N+](=O)[O-])c2[nH]1)c1ccc(NC(=O)Nc2ccccc2)cc1. The van der Waals surface area contributed by atoms with Crippen LogP contribution in [-0.2, 0) is 0 Å². The summed E-state index contributed by atoms with van der Waals surface area (Å²) in [6.07, 6.45) is 0. The van der Waals surface area contributed by atoms with Gasteiger partial charge in [0.2, 0.25) is 0 Å². The van der Waals surface area contributed by atoms with Crippen LogP contribution >= 0.6 is 0 Å². The molecule has 33 heavy (non-hydrogen) atoms. The number of nitrogens with one attached hydrogen (secondary N) is 4. The first kappa shape index (κ1) is 21.6. The largest absolute Gasteiger partial charge is 0.345 e. The molecule has 4 aromatic rings. The van der Waals surface area contributed by atoms with Crippen LogP contribution < -0.4 is 16.0 Å².